The van der Waals surface area contributed by atoms with Crippen molar-refractivity contribution < 1.29 is 18.8 Å². The highest BCUT2D eigenvalue weighted by atomic mass is 35.5. The van der Waals surface area contributed by atoms with Gasteiger partial charge in [0.1, 0.15) is 0 Å². The Kier molecular flexibility index (Phi) is 8.93. The number of hydrogen-bond acceptors (Lipinski definition) is 4. The highest BCUT2D eigenvalue weighted by Gasteiger charge is 2.58. The van der Waals surface area contributed by atoms with E-state index >= 15 is 0 Å². The first-order chi connectivity index (χ1) is 16.0. The van der Waals surface area contributed by atoms with Crippen LogP contribution in [0.1, 0.15) is 72.1 Å². The van der Waals surface area contributed by atoms with Crippen LogP contribution < -0.4 is 0 Å². The molecule has 0 radical (unpaired) electrons. The van der Waals surface area contributed by atoms with Gasteiger partial charge in [0.15, 0.2) is 14.8 Å². The lowest BCUT2D eigenvalue weighted by molar-refractivity contribution is -0.140. The summed E-state index contributed by atoms with van der Waals surface area (Å²) >= 11 is 6.72. The molecule has 0 bridgehead atoms. The van der Waals surface area contributed by atoms with E-state index in [1.54, 1.807) is 0 Å². The number of carbonyl (C=O) groups excluding carboxylic acids is 2. The number of allylic oxidation sites excluding steroid dienone is 3. The van der Waals surface area contributed by atoms with Crippen LogP contribution in [0.2, 0.25) is 13.1 Å². The highest BCUT2D eigenvalue weighted by Crippen LogP contribution is 2.59. The van der Waals surface area contributed by atoms with Crippen LogP contribution in [0.3, 0.4) is 0 Å². The van der Waals surface area contributed by atoms with E-state index in [0.717, 1.165) is 44.1 Å². The van der Waals surface area contributed by atoms with Crippen molar-refractivity contribution in [3.05, 3.63) is 22.8 Å². The number of rotatable bonds is 7. The van der Waals surface area contributed by atoms with Crippen molar-refractivity contribution in [2.45, 2.75) is 90.8 Å². The second-order valence-corrected chi connectivity index (χ2v) is 14.3. The van der Waals surface area contributed by atoms with Crippen LogP contribution in [-0.4, -0.2) is 33.5 Å². The molecule has 0 aromatic rings. The summed E-state index contributed by atoms with van der Waals surface area (Å²) in [7, 11) is 0.0560. The summed E-state index contributed by atoms with van der Waals surface area (Å²) < 4.78 is 11.5. The monoisotopic (exact) mass is 504 g/mol. The molecule has 3 aliphatic carbocycles. The third kappa shape index (κ3) is 6.25. The Balaban J connectivity index is 1.90. The largest absolute Gasteiger partial charge is 0.469 e. The molecule has 4 nitrogen and oxygen atoms in total. The molecular weight excluding hydrogens is 464 g/mol. The maximum atomic E-state index is 13.1. The summed E-state index contributed by atoms with van der Waals surface area (Å²) in [5.74, 6) is 7.16. The molecule has 188 valence electrons. The molecule has 0 aromatic carbocycles. The predicted molar refractivity (Wildman–Crippen MR) is 140 cm³/mol. The van der Waals surface area contributed by atoms with E-state index in [1.165, 1.54) is 7.11 Å². The van der Waals surface area contributed by atoms with Crippen LogP contribution in [0, 0.1) is 40.9 Å². The van der Waals surface area contributed by atoms with Gasteiger partial charge >= 0.3 is 5.97 Å². The molecule has 0 spiro atoms. The number of ketones is 1. The highest BCUT2D eigenvalue weighted by molar-refractivity contribution is 6.48. The van der Waals surface area contributed by atoms with Crippen molar-refractivity contribution in [3.8, 4) is 11.8 Å². The summed E-state index contributed by atoms with van der Waals surface area (Å²) in [6.07, 6.45) is 11.0. The molecule has 6 heteroatoms. The number of esters is 1. The fourth-order valence-electron chi connectivity index (χ4n) is 6.19. The summed E-state index contributed by atoms with van der Waals surface area (Å²) in [5, 5.41) is 0.418. The third-order valence-corrected chi connectivity index (χ3v) is 8.98. The van der Waals surface area contributed by atoms with Crippen molar-refractivity contribution in [1.82, 2.24) is 0 Å². The molecule has 2 fully saturated rings. The molecule has 3 rings (SSSR count). The molecular formula is C28H41ClO4Si. The molecule has 2 saturated carbocycles. The van der Waals surface area contributed by atoms with Crippen molar-refractivity contribution in [2.75, 3.05) is 7.11 Å². The quantitative estimate of drug-likeness (QED) is 0.179. The van der Waals surface area contributed by atoms with Gasteiger partial charge < -0.3 is 9.16 Å². The molecule has 3 aliphatic rings. The fourth-order valence-corrected chi connectivity index (χ4v) is 7.71. The second-order valence-electron chi connectivity index (χ2n) is 11.6. The predicted octanol–water partition coefficient (Wildman–Crippen LogP) is 6.19. The molecule has 0 saturated heterocycles. The van der Waals surface area contributed by atoms with E-state index in [4.69, 9.17) is 20.8 Å². The van der Waals surface area contributed by atoms with Crippen molar-refractivity contribution in [3.63, 3.8) is 0 Å². The van der Waals surface area contributed by atoms with Gasteiger partial charge in [0.05, 0.1) is 24.2 Å². The molecule has 4 atom stereocenters. The number of Topliss-reactive ketones (excluding diaryl/α,β-unsaturated/α-hetero) is 1. The van der Waals surface area contributed by atoms with Crippen LogP contribution in [0.15, 0.2) is 22.8 Å². The second kappa shape index (κ2) is 11.1. The van der Waals surface area contributed by atoms with Crippen molar-refractivity contribution in [1.29, 1.82) is 0 Å². The minimum Gasteiger partial charge on any atom is -0.469 e. The maximum Gasteiger partial charge on any atom is 0.306 e. The Morgan fingerprint density at radius 2 is 1.94 bits per heavy atom. The van der Waals surface area contributed by atoms with Gasteiger partial charge in [0, 0.05) is 23.8 Å². The van der Waals surface area contributed by atoms with Gasteiger partial charge in [-0.2, -0.15) is 0 Å². The normalized spacial score (nSPS) is 29.6. The average molecular weight is 505 g/mol. The van der Waals surface area contributed by atoms with Gasteiger partial charge in [-0.15, -0.1) is 0 Å². The fraction of sp³-hybridized carbons (Fsp3) is 0.714. The first-order valence-corrected chi connectivity index (χ1v) is 16.0. The first kappa shape index (κ1) is 27.2. The zero-order valence-electron chi connectivity index (χ0n) is 21.7. The van der Waals surface area contributed by atoms with E-state index in [2.05, 4.69) is 57.9 Å². The first-order valence-electron chi connectivity index (χ1n) is 12.8. The van der Waals surface area contributed by atoms with Crippen molar-refractivity contribution in [2.24, 2.45) is 29.1 Å². The lowest BCUT2D eigenvalue weighted by Crippen LogP contribution is -2.37. The Labute approximate surface area is 212 Å². The smallest absolute Gasteiger partial charge is 0.306 e. The Morgan fingerprint density at radius 3 is 2.53 bits per heavy atom. The van der Waals surface area contributed by atoms with E-state index in [9.17, 15) is 9.59 Å². The van der Waals surface area contributed by atoms with E-state index in [0.29, 0.717) is 23.8 Å². The Bertz CT molecular complexity index is 898. The SMILES string of the molecule is COC(=O)CCC#CC1=CC2(O[SiH](C)C)CC(C(C)(C)C)C(/C=C(\Cl)C(=O)C3CCCC3)C2C1. The number of hydrogen-bond donors (Lipinski definition) is 0. The maximum absolute atomic E-state index is 13.1. The Morgan fingerprint density at radius 1 is 1.26 bits per heavy atom. The van der Waals surface area contributed by atoms with Crippen LogP contribution >= 0.6 is 11.6 Å². The number of ether oxygens (including phenoxy) is 1. The van der Waals surface area contributed by atoms with Crippen LogP contribution in [0.5, 0.6) is 0 Å². The minimum atomic E-state index is -1.34. The summed E-state index contributed by atoms with van der Waals surface area (Å²) in [6, 6.07) is 0. The van der Waals surface area contributed by atoms with Gasteiger partial charge in [-0.3, -0.25) is 9.59 Å². The van der Waals surface area contributed by atoms with Gasteiger partial charge in [-0.05, 0) is 62.1 Å². The third-order valence-electron chi connectivity index (χ3n) is 7.75. The molecule has 0 N–H and O–H groups in total. The standard InChI is InChI=1S/C28H41ClO4Si/c1-27(2,3)23-18-28(33-34(5)6)17-19(11-7-10-14-25(30)32-4)15-22(28)21(23)16-24(29)26(31)20-12-8-9-13-20/h16-17,20-23,34H,8-10,12-15,18H2,1-6H3/b24-16-. The summed E-state index contributed by atoms with van der Waals surface area (Å²) in [6.45, 7) is 11.3. The van der Waals surface area contributed by atoms with Crippen LogP contribution in [0.4, 0.5) is 0 Å². The molecule has 0 aromatic heterocycles. The number of fused-ring (bicyclic) bond motifs is 1. The molecule has 4 unspecified atom stereocenters. The van der Waals surface area contributed by atoms with Gasteiger partial charge in [0.25, 0.3) is 0 Å². The lowest BCUT2D eigenvalue weighted by Gasteiger charge is -2.33. The van der Waals surface area contributed by atoms with Gasteiger partial charge in [-0.1, -0.05) is 63.1 Å². The Hall–Kier alpha value is -1.35. The molecule has 0 heterocycles. The van der Waals surface area contributed by atoms with E-state index in [-0.39, 0.29) is 40.5 Å². The lowest BCUT2D eigenvalue weighted by atomic mass is 9.72. The molecule has 0 aliphatic heterocycles. The average Bonchev–Trinajstić information content (AvgIpc) is 3.45. The van der Waals surface area contributed by atoms with Crippen LogP contribution in [0.25, 0.3) is 0 Å². The summed E-state index contributed by atoms with van der Waals surface area (Å²) in [5.41, 5.74) is 0.793. The number of halogens is 1. The zero-order chi connectivity index (χ0) is 25.1. The summed E-state index contributed by atoms with van der Waals surface area (Å²) in [4.78, 5) is 24.5. The number of carbonyl (C=O) groups is 2. The van der Waals surface area contributed by atoms with Crippen molar-refractivity contribution >= 4 is 32.4 Å². The van der Waals surface area contributed by atoms with Crippen LogP contribution in [-0.2, 0) is 18.8 Å². The van der Waals surface area contributed by atoms with E-state index in [1.807, 2.05) is 0 Å². The minimum absolute atomic E-state index is 0.0637. The van der Waals surface area contributed by atoms with Gasteiger partial charge in [-0.25, -0.2) is 0 Å². The van der Waals surface area contributed by atoms with Gasteiger partial charge in [0.2, 0.25) is 0 Å². The molecule has 0 amide bonds. The number of methoxy groups -OCH3 is 1. The molecule has 34 heavy (non-hydrogen) atoms. The van der Waals surface area contributed by atoms with E-state index < -0.39 is 9.04 Å². The zero-order valence-corrected chi connectivity index (χ0v) is 23.6. The topological polar surface area (TPSA) is 52.6 Å².